The first kappa shape index (κ1) is 27.0. The molecule has 0 saturated carbocycles. The number of hydrogen-bond acceptors (Lipinski definition) is 8. The highest BCUT2D eigenvalue weighted by atomic mass is 32.1. The topological polar surface area (TPSA) is 95.5 Å². The normalized spacial score (nSPS) is 12.4. The van der Waals surface area contributed by atoms with E-state index in [1.807, 2.05) is 62.5 Å². The van der Waals surface area contributed by atoms with Crippen LogP contribution in [0.15, 0.2) is 79.0 Å². The Bertz CT molecular complexity index is 1690. The van der Waals surface area contributed by atoms with E-state index in [1.165, 1.54) is 10.1 Å². The predicted octanol–water partition coefficient (Wildman–Crippen LogP) is 5.32. The van der Waals surface area contributed by atoms with E-state index in [-0.39, 0.29) is 0 Å². The monoisotopic (exact) mass is 548 g/mol. The second-order valence-corrected chi connectivity index (χ2v) is 10.5. The van der Waals surface area contributed by atoms with Gasteiger partial charge in [-0.2, -0.15) is 0 Å². The Hall–Kier alpha value is -4.63. The molecule has 0 unspecified atom stereocenters. The highest BCUT2D eigenvalue weighted by molar-refractivity contribution is 7.09. The number of rotatable bonds is 10. The SMILES string of the molecule is C/C=c1/sc(C)n/c1=C/C=C/Nc1cc(-c2ccccc2-c2nnn[nH]2)nc(N(CCC)Cc2ccccc2)c1. The van der Waals surface area contributed by atoms with Gasteiger partial charge in [0, 0.05) is 42.2 Å². The van der Waals surface area contributed by atoms with E-state index in [2.05, 4.69) is 85.2 Å². The Morgan fingerprint density at radius 1 is 1.00 bits per heavy atom. The Labute approximate surface area is 237 Å². The summed E-state index contributed by atoms with van der Waals surface area (Å²) in [4.78, 5) is 12.1. The lowest BCUT2D eigenvalue weighted by molar-refractivity contribution is 0.755. The lowest BCUT2D eigenvalue weighted by Crippen LogP contribution is -2.24. The number of benzene rings is 2. The number of tetrazole rings is 1. The summed E-state index contributed by atoms with van der Waals surface area (Å²) in [6.45, 7) is 7.90. The zero-order chi connectivity index (χ0) is 27.7. The van der Waals surface area contributed by atoms with E-state index >= 15 is 0 Å². The minimum absolute atomic E-state index is 0.601. The zero-order valence-corrected chi connectivity index (χ0v) is 23.7. The Kier molecular flexibility index (Phi) is 8.73. The van der Waals surface area contributed by atoms with Crippen LogP contribution in [0.25, 0.3) is 34.8 Å². The molecule has 5 aromatic rings. The van der Waals surface area contributed by atoms with Crippen LogP contribution in [-0.2, 0) is 6.54 Å². The van der Waals surface area contributed by atoms with Crippen molar-refractivity contribution >= 4 is 35.0 Å². The number of nitrogens with zero attached hydrogens (tertiary/aromatic N) is 6. The Morgan fingerprint density at radius 2 is 1.80 bits per heavy atom. The second kappa shape index (κ2) is 12.9. The zero-order valence-electron chi connectivity index (χ0n) is 22.9. The summed E-state index contributed by atoms with van der Waals surface area (Å²) in [6.07, 6.45) is 9.05. The van der Waals surface area contributed by atoms with Crippen molar-refractivity contribution in [3.63, 3.8) is 0 Å². The Morgan fingerprint density at radius 3 is 2.55 bits per heavy atom. The third-order valence-corrected chi connectivity index (χ3v) is 7.35. The van der Waals surface area contributed by atoms with Gasteiger partial charge in [0.1, 0.15) is 5.82 Å². The van der Waals surface area contributed by atoms with E-state index in [9.17, 15) is 0 Å². The van der Waals surface area contributed by atoms with Crippen LogP contribution in [0.2, 0.25) is 0 Å². The lowest BCUT2D eigenvalue weighted by atomic mass is 10.0. The number of aromatic amines is 1. The summed E-state index contributed by atoms with van der Waals surface area (Å²) in [5.41, 5.74) is 4.83. The van der Waals surface area contributed by atoms with Crippen LogP contribution >= 0.6 is 11.3 Å². The standard InChI is InChI=1S/C31H32N8S/c1-4-18-39(21-23-12-7-6-8-13-23)30-20-24(32-17-11-16-27-29(5-2)40-22(3)33-27)19-28(34-30)25-14-9-10-15-26(25)31-35-37-38-36-31/h5-17,19-20H,4,18,21H2,1-3H3,(H,32,34)(H,35,36,37,38)/b17-11+,27-16+,29-5+. The molecule has 2 N–H and O–H groups in total. The number of H-pyrrole nitrogens is 1. The van der Waals surface area contributed by atoms with Gasteiger partial charge in [0.2, 0.25) is 0 Å². The van der Waals surface area contributed by atoms with Crippen LogP contribution in [0, 0.1) is 6.92 Å². The maximum absolute atomic E-state index is 5.15. The first-order valence-corrected chi connectivity index (χ1v) is 14.1. The molecule has 8 nitrogen and oxygen atoms in total. The molecule has 0 amide bonds. The van der Waals surface area contributed by atoms with Crippen molar-refractivity contribution in [3.05, 3.63) is 99.5 Å². The summed E-state index contributed by atoms with van der Waals surface area (Å²) in [6, 6.07) is 22.7. The quantitative estimate of drug-likeness (QED) is 0.244. The van der Waals surface area contributed by atoms with Crippen LogP contribution in [0.3, 0.4) is 0 Å². The summed E-state index contributed by atoms with van der Waals surface area (Å²) >= 11 is 1.70. The number of thiazole rings is 1. The van der Waals surface area contributed by atoms with Crippen LogP contribution in [0.4, 0.5) is 11.5 Å². The van der Waals surface area contributed by atoms with Gasteiger partial charge in [0.15, 0.2) is 5.82 Å². The average Bonchev–Trinajstić information content (AvgIpc) is 3.65. The highest BCUT2D eigenvalue weighted by Crippen LogP contribution is 2.32. The molecular weight excluding hydrogens is 516 g/mol. The molecule has 0 bridgehead atoms. The minimum atomic E-state index is 0.601. The molecule has 0 fully saturated rings. The first-order valence-electron chi connectivity index (χ1n) is 13.3. The van der Waals surface area contributed by atoms with Crippen LogP contribution in [-0.4, -0.2) is 37.1 Å². The van der Waals surface area contributed by atoms with Gasteiger partial charge >= 0.3 is 0 Å². The van der Waals surface area contributed by atoms with E-state index < -0.39 is 0 Å². The van der Waals surface area contributed by atoms with Crippen LogP contribution in [0.1, 0.15) is 30.8 Å². The van der Waals surface area contributed by atoms with E-state index in [4.69, 9.17) is 4.98 Å². The predicted molar refractivity (Wildman–Crippen MR) is 164 cm³/mol. The third kappa shape index (κ3) is 6.50. The minimum Gasteiger partial charge on any atom is -0.362 e. The number of aryl methyl sites for hydroxylation is 1. The number of hydrogen-bond donors (Lipinski definition) is 2. The van der Waals surface area contributed by atoms with Gasteiger partial charge in [-0.3, -0.25) is 0 Å². The number of aromatic nitrogens is 6. The fourth-order valence-corrected chi connectivity index (χ4v) is 5.30. The number of nitrogens with one attached hydrogen (secondary N) is 2. The lowest BCUT2D eigenvalue weighted by Gasteiger charge is -2.25. The number of allylic oxidation sites excluding steroid dienone is 1. The largest absolute Gasteiger partial charge is 0.362 e. The maximum Gasteiger partial charge on any atom is 0.180 e. The molecule has 0 aliphatic carbocycles. The van der Waals surface area contributed by atoms with Crippen molar-refractivity contribution in [2.75, 3.05) is 16.8 Å². The van der Waals surface area contributed by atoms with Crippen molar-refractivity contribution in [1.29, 1.82) is 0 Å². The fraction of sp³-hybridized carbons (Fsp3) is 0.194. The smallest absolute Gasteiger partial charge is 0.180 e. The highest BCUT2D eigenvalue weighted by Gasteiger charge is 2.16. The maximum atomic E-state index is 5.15. The van der Waals surface area contributed by atoms with Crippen molar-refractivity contribution in [2.24, 2.45) is 0 Å². The second-order valence-electron chi connectivity index (χ2n) is 9.24. The van der Waals surface area contributed by atoms with E-state index in [1.54, 1.807) is 11.3 Å². The molecule has 0 aliphatic heterocycles. The molecule has 0 aliphatic rings. The average molecular weight is 549 g/mol. The molecule has 9 heteroatoms. The van der Waals surface area contributed by atoms with Gasteiger partial charge in [0.25, 0.3) is 0 Å². The van der Waals surface area contributed by atoms with Crippen molar-refractivity contribution in [2.45, 2.75) is 33.7 Å². The Balaban J connectivity index is 1.55. The first-order chi connectivity index (χ1) is 19.6. The summed E-state index contributed by atoms with van der Waals surface area (Å²) in [5.74, 6) is 1.50. The van der Waals surface area contributed by atoms with Crippen LogP contribution in [0.5, 0.6) is 0 Å². The van der Waals surface area contributed by atoms with Gasteiger partial charge in [0.05, 0.1) is 20.6 Å². The van der Waals surface area contributed by atoms with Gasteiger partial charge < -0.3 is 10.2 Å². The van der Waals surface area contributed by atoms with Crippen molar-refractivity contribution < 1.29 is 0 Å². The molecule has 2 aromatic carbocycles. The number of anilines is 2. The van der Waals surface area contributed by atoms with Gasteiger partial charge in [-0.25, -0.2) is 15.1 Å². The van der Waals surface area contributed by atoms with Gasteiger partial charge in [-0.05, 0) is 54.5 Å². The molecule has 202 valence electrons. The molecule has 0 spiro atoms. The summed E-state index contributed by atoms with van der Waals surface area (Å²) in [5, 5.41) is 20.1. The molecule has 40 heavy (non-hydrogen) atoms. The van der Waals surface area contributed by atoms with Crippen molar-refractivity contribution in [1.82, 2.24) is 30.6 Å². The van der Waals surface area contributed by atoms with E-state index in [0.717, 1.165) is 58.2 Å². The summed E-state index contributed by atoms with van der Waals surface area (Å²) < 4.78 is 1.17. The molecule has 3 aromatic heterocycles. The van der Waals surface area contributed by atoms with Gasteiger partial charge in [-0.15, -0.1) is 16.4 Å². The molecule has 5 rings (SSSR count). The molecular formula is C31H32N8S. The third-order valence-electron chi connectivity index (χ3n) is 6.30. The number of pyridine rings is 1. The van der Waals surface area contributed by atoms with Gasteiger partial charge in [-0.1, -0.05) is 67.6 Å². The fourth-order valence-electron chi connectivity index (χ4n) is 4.50. The van der Waals surface area contributed by atoms with E-state index in [0.29, 0.717) is 5.82 Å². The molecule has 3 heterocycles. The molecule has 0 atom stereocenters. The summed E-state index contributed by atoms with van der Waals surface area (Å²) in [7, 11) is 0. The molecule has 0 radical (unpaired) electrons. The van der Waals surface area contributed by atoms with Crippen molar-refractivity contribution in [3.8, 4) is 22.6 Å². The van der Waals surface area contributed by atoms with Crippen LogP contribution < -0.4 is 20.1 Å². The molecule has 0 saturated heterocycles.